The van der Waals surface area contributed by atoms with Crippen LogP contribution in [0.5, 0.6) is 0 Å². The standard InChI is InChI=1S/C19H24N2O3S/c1-6-24-18(23)13-9-10-14(20-12(13)2)17(22)21-16(19(3,4)5)15-8-7-11-25-15/h7-11,16H,6H2,1-5H3,(H,21,22). The molecule has 1 unspecified atom stereocenters. The number of nitrogens with one attached hydrogen (secondary N) is 1. The van der Waals surface area contributed by atoms with E-state index in [1.807, 2.05) is 17.5 Å². The Labute approximate surface area is 152 Å². The van der Waals surface area contributed by atoms with Gasteiger partial charge in [0.25, 0.3) is 5.91 Å². The van der Waals surface area contributed by atoms with Crippen molar-refractivity contribution in [1.29, 1.82) is 0 Å². The molecule has 0 fully saturated rings. The van der Waals surface area contributed by atoms with Crippen molar-refractivity contribution in [2.24, 2.45) is 5.41 Å². The summed E-state index contributed by atoms with van der Waals surface area (Å²) in [5.74, 6) is -0.683. The first-order valence-electron chi connectivity index (χ1n) is 8.23. The predicted molar refractivity (Wildman–Crippen MR) is 98.9 cm³/mol. The molecule has 2 aromatic rings. The number of nitrogens with zero attached hydrogens (tertiary/aromatic N) is 1. The van der Waals surface area contributed by atoms with Crippen molar-refractivity contribution in [2.75, 3.05) is 6.61 Å². The Morgan fingerprint density at radius 3 is 2.52 bits per heavy atom. The van der Waals surface area contributed by atoms with E-state index in [1.54, 1.807) is 37.3 Å². The molecule has 1 amide bonds. The highest BCUT2D eigenvalue weighted by molar-refractivity contribution is 7.10. The second kappa shape index (κ2) is 7.78. The van der Waals surface area contributed by atoms with Gasteiger partial charge in [-0.3, -0.25) is 4.79 Å². The van der Waals surface area contributed by atoms with Crippen molar-refractivity contribution in [3.8, 4) is 0 Å². The molecule has 2 aromatic heterocycles. The highest BCUT2D eigenvalue weighted by atomic mass is 32.1. The number of hydrogen-bond donors (Lipinski definition) is 1. The fraction of sp³-hybridized carbons (Fsp3) is 0.421. The highest BCUT2D eigenvalue weighted by Crippen LogP contribution is 2.35. The summed E-state index contributed by atoms with van der Waals surface area (Å²) >= 11 is 1.61. The molecule has 1 N–H and O–H groups in total. The van der Waals surface area contributed by atoms with Gasteiger partial charge in [-0.25, -0.2) is 9.78 Å². The van der Waals surface area contributed by atoms with Crippen molar-refractivity contribution in [1.82, 2.24) is 10.3 Å². The van der Waals surface area contributed by atoms with Gasteiger partial charge in [0, 0.05) is 4.88 Å². The first-order valence-corrected chi connectivity index (χ1v) is 9.11. The lowest BCUT2D eigenvalue weighted by Gasteiger charge is -2.30. The number of rotatable bonds is 5. The van der Waals surface area contributed by atoms with Crippen LogP contribution in [0, 0.1) is 12.3 Å². The lowest BCUT2D eigenvalue weighted by Crippen LogP contribution is -2.36. The molecule has 0 aliphatic rings. The zero-order valence-corrected chi connectivity index (χ0v) is 16.1. The zero-order valence-electron chi connectivity index (χ0n) is 15.3. The van der Waals surface area contributed by atoms with Gasteiger partial charge in [-0.2, -0.15) is 0 Å². The quantitative estimate of drug-likeness (QED) is 0.814. The third-order valence-electron chi connectivity index (χ3n) is 3.78. The molecule has 25 heavy (non-hydrogen) atoms. The van der Waals surface area contributed by atoms with E-state index in [0.29, 0.717) is 17.9 Å². The number of ether oxygens (including phenoxy) is 1. The van der Waals surface area contributed by atoms with Crippen molar-refractivity contribution in [2.45, 2.75) is 40.7 Å². The summed E-state index contributed by atoms with van der Waals surface area (Å²) in [6.07, 6.45) is 0. The molecule has 0 aliphatic heterocycles. The van der Waals surface area contributed by atoms with E-state index in [0.717, 1.165) is 4.88 Å². The van der Waals surface area contributed by atoms with E-state index in [2.05, 4.69) is 31.1 Å². The van der Waals surface area contributed by atoms with Gasteiger partial charge < -0.3 is 10.1 Å². The first kappa shape index (κ1) is 19.1. The molecule has 134 valence electrons. The average molecular weight is 360 g/mol. The van der Waals surface area contributed by atoms with Crippen LogP contribution in [0.15, 0.2) is 29.6 Å². The van der Waals surface area contributed by atoms with E-state index < -0.39 is 5.97 Å². The monoisotopic (exact) mass is 360 g/mol. The maximum atomic E-state index is 12.7. The lowest BCUT2D eigenvalue weighted by atomic mass is 9.85. The Hall–Kier alpha value is -2.21. The summed E-state index contributed by atoms with van der Waals surface area (Å²) < 4.78 is 4.99. The number of thiophene rings is 1. The van der Waals surface area contributed by atoms with Crippen molar-refractivity contribution >= 4 is 23.2 Å². The smallest absolute Gasteiger partial charge is 0.339 e. The molecule has 1 atom stereocenters. The van der Waals surface area contributed by atoms with Crippen LogP contribution < -0.4 is 5.32 Å². The fourth-order valence-corrected chi connectivity index (χ4v) is 3.51. The van der Waals surface area contributed by atoms with E-state index in [-0.39, 0.29) is 23.1 Å². The molecule has 0 bridgehead atoms. The van der Waals surface area contributed by atoms with E-state index in [1.165, 1.54) is 0 Å². The first-order chi connectivity index (χ1) is 11.7. The summed E-state index contributed by atoms with van der Waals surface area (Å²) in [5.41, 5.74) is 1.01. The van der Waals surface area contributed by atoms with Gasteiger partial charge in [0.05, 0.1) is 23.9 Å². The van der Waals surface area contributed by atoms with Gasteiger partial charge in [0.15, 0.2) is 0 Å². The van der Waals surface area contributed by atoms with Crippen LogP contribution in [-0.2, 0) is 4.74 Å². The molecule has 0 radical (unpaired) electrons. The number of amides is 1. The van der Waals surface area contributed by atoms with Gasteiger partial charge >= 0.3 is 5.97 Å². The number of aromatic nitrogens is 1. The molecule has 2 heterocycles. The minimum Gasteiger partial charge on any atom is -0.462 e. The van der Waals surface area contributed by atoms with Crippen LogP contribution in [0.4, 0.5) is 0 Å². The number of carbonyl (C=O) groups is 2. The van der Waals surface area contributed by atoms with Crippen LogP contribution in [-0.4, -0.2) is 23.5 Å². The van der Waals surface area contributed by atoms with Crippen LogP contribution >= 0.6 is 11.3 Å². The van der Waals surface area contributed by atoms with Crippen molar-refractivity contribution in [3.63, 3.8) is 0 Å². The van der Waals surface area contributed by atoms with E-state index in [4.69, 9.17) is 4.74 Å². The largest absolute Gasteiger partial charge is 0.462 e. The number of esters is 1. The average Bonchev–Trinajstić information content (AvgIpc) is 3.05. The highest BCUT2D eigenvalue weighted by Gasteiger charge is 2.29. The molecule has 0 spiro atoms. The SMILES string of the molecule is CCOC(=O)c1ccc(C(=O)NC(c2cccs2)C(C)(C)C)nc1C. The summed E-state index contributed by atoms with van der Waals surface area (Å²) in [5, 5.41) is 5.07. The molecular weight excluding hydrogens is 336 g/mol. The van der Waals surface area contributed by atoms with Crippen LogP contribution in [0.1, 0.15) is 65.2 Å². The van der Waals surface area contributed by atoms with Crippen LogP contribution in [0.2, 0.25) is 0 Å². The maximum absolute atomic E-state index is 12.7. The van der Waals surface area contributed by atoms with Gasteiger partial charge in [0.1, 0.15) is 5.69 Å². The summed E-state index contributed by atoms with van der Waals surface area (Å²) in [7, 11) is 0. The molecule has 0 saturated heterocycles. The van der Waals surface area contributed by atoms with Crippen LogP contribution in [0.3, 0.4) is 0 Å². The Morgan fingerprint density at radius 1 is 1.28 bits per heavy atom. The van der Waals surface area contributed by atoms with Crippen molar-refractivity contribution < 1.29 is 14.3 Å². The number of carbonyl (C=O) groups excluding carboxylic acids is 2. The number of aryl methyl sites for hydroxylation is 1. The Morgan fingerprint density at radius 2 is 2.00 bits per heavy atom. The van der Waals surface area contributed by atoms with Gasteiger partial charge in [-0.1, -0.05) is 26.8 Å². The zero-order chi connectivity index (χ0) is 18.6. The third-order valence-corrected chi connectivity index (χ3v) is 4.72. The minimum atomic E-state index is -0.425. The Bertz CT molecular complexity index is 749. The Balaban J connectivity index is 2.22. The normalized spacial score (nSPS) is 12.5. The minimum absolute atomic E-state index is 0.119. The number of hydrogen-bond acceptors (Lipinski definition) is 5. The maximum Gasteiger partial charge on any atom is 0.339 e. The summed E-state index contributed by atoms with van der Waals surface area (Å²) in [4.78, 5) is 29.9. The van der Waals surface area contributed by atoms with Gasteiger partial charge in [-0.15, -0.1) is 11.3 Å². The second-order valence-electron chi connectivity index (χ2n) is 6.84. The summed E-state index contributed by atoms with van der Waals surface area (Å²) in [6.45, 7) is 10.00. The topological polar surface area (TPSA) is 68.3 Å². The van der Waals surface area contributed by atoms with Crippen LogP contribution in [0.25, 0.3) is 0 Å². The molecule has 6 heteroatoms. The molecule has 0 saturated carbocycles. The van der Waals surface area contributed by atoms with Gasteiger partial charge in [0.2, 0.25) is 0 Å². The fourth-order valence-electron chi connectivity index (χ4n) is 2.49. The summed E-state index contributed by atoms with van der Waals surface area (Å²) in [6, 6.07) is 7.02. The van der Waals surface area contributed by atoms with Gasteiger partial charge in [-0.05, 0) is 42.8 Å². The Kier molecular flexibility index (Phi) is 5.95. The molecule has 0 aromatic carbocycles. The second-order valence-corrected chi connectivity index (χ2v) is 7.82. The molecule has 2 rings (SSSR count). The van der Waals surface area contributed by atoms with E-state index >= 15 is 0 Å². The molecular formula is C19H24N2O3S. The van der Waals surface area contributed by atoms with Crippen molar-refractivity contribution in [3.05, 3.63) is 51.5 Å². The number of pyridine rings is 1. The lowest BCUT2D eigenvalue weighted by molar-refractivity contribution is 0.0524. The molecule has 5 nitrogen and oxygen atoms in total. The predicted octanol–water partition coefficient (Wildman–Crippen LogP) is 4.15. The molecule has 0 aliphatic carbocycles. The third kappa shape index (κ3) is 4.66. The van der Waals surface area contributed by atoms with E-state index in [9.17, 15) is 9.59 Å².